The van der Waals surface area contributed by atoms with Gasteiger partial charge in [0.05, 0.1) is 6.54 Å². The van der Waals surface area contributed by atoms with Crippen LogP contribution in [0.3, 0.4) is 0 Å². The molecule has 0 amide bonds. The van der Waals surface area contributed by atoms with E-state index in [1.165, 1.54) is 29.0 Å². The Balaban J connectivity index is 1.40. The Hall–Kier alpha value is -1.85. The third kappa shape index (κ3) is 5.58. The highest BCUT2D eigenvalue weighted by Crippen LogP contribution is 2.18. The second-order valence-electron chi connectivity index (χ2n) is 6.35. The summed E-state index contributed by atoms with van der Waals surface area (Å²) in [7, 11) is 0. The number of nitrogens with zero attached hydrogens (tertiary/aromatic N) is 2. The number of aliphatic imine (C=N–C) groups is 1. The van der Waals surface area contributed by atoms with Crippen molar-refractivity contribution in [2.24, 2.45) is 4.99 Å². The molecule has 2 N–H and O–H groups in total. The number of rotatable bonds is 7. The number of hydrogen-bond donors (Lipinski definition) is 2. The van der Waals surface area contributed by atoms with E-state index >= 15 is 0 Å². The zero-order valence-corrected chi connectivity index (χ0v) is 15.8. The van der Waals surface area contributed by atoms with Gasteiger partial charge in [-0.2, -0.15) is 0 Å². The van der Waals surface area contributed by atoms with Crippen LogP contribution in [0.15, 0.2) is 46.8 Å². The molecular weight excluding hydrogens is 328 g/mol. The summed E-state index contributed by atoms with van der Waals surface area (Å²) in [5, 5.41) is 8.88. The minimum Gasteiger partial charge on any atom is -0.357 e. The van der Waals surface area contributed by atoms with Gasteiger partial charge in [0.2, 0.25) is 0 Å². The zero-order valence-electron chi connectivity index (χ0n) is 15.0. The zero-order chi connectivity index (χ0) is 17.3. The number of benzene rings is 1. The molecule has 134 valence electrons. The van der Waals surface area contributed by atoms with Gasteiger partial charge in [-0.3, -0.25) is 4.90 Å². The molecule has 4 nitrogen and oxygen atoms in total. The smallest absolute Gasteiger partial charge is 0.191 e. The van der Waals surface area contributed by atoms with Crippen LogP contribution in [0.25, 0.3) is 0 Å². The van der Waals surface area contributed by atoms with E-state index < -0.39 is 0 Å². The van der Waals surface area contributed by atoms with Gasteiger partial charge in [0.15, 0.2) is 5.96 Å². The number of guanidine groups is 1. The summed E-state index contributed by atoms with van der Waals surface area (Å²) in [6.07, 6.45) is 2.31. The molecule has 0 saturated carbocycles. The lowest BCUT2D eigenvalue weighted by Crippen LogP contribution is -2.39. The van der Waals surface area contributed by atoms with Crippen LogP contribution < -0.4 is 10.6 Å². The number of nitrogens with one attached hydrogen (secondary N) is 2. The van der Waals surface area contributed by atoms with E-state index in [4.69, 9.17) is 0 Å². The van der Waals surface area contributed by atoms with E-state index in [1.54, 1.807) is 11.3 Å². The molecule has 0 saturated heterocycles. The lowest BCUT2D eigenvalue weighted by Gasteiger charge is -2.28. The van der Waals surface area contributed by atoms with Gasteiger partial charge < -0.3 is 10.6 Å². The Labute approximate surface area is 155 Å². The number of fused-ring (bicyclic) bond motifs is 1. The normalized spacial score (nSPS) is 15.0. The van der Waals surface area contributed by atoms with Gasteiger partial charge in [0.25, 0.3) is 0 Å². The fourth-order valence-corrected chi connectivity index (χ4v) is 3.78. The molecule has 0 bridgehead atoms. The van der Waals surface area contributed by atoms with Crippen LogP contribution in [0, 0.1) is 0 Å². The highest BCUT2D eigenvalue weighted by molar-refractivity contribution is 7.09. The van der Waals surface area contributed by atoms with Gasteiger partial charge >= 0.3 is 0 Å². The number of hydrogen-bond acceptors (Lipinski definition) is 3. The van der Waals surface area contributed by atoms with Gasteiger partial charge in [0.1, 0.15) is 0 Å². The van der Waals surface area contributed by atoms with Gasteiger partial charge in [-0.1, -0.05) is 30.3 Å². The molecule has 0 aliphatic carbocycles. The molecule has 2 heterocycles. The first kappa shape index (κ1) is 18.0. The largest absolute Gasteiger partial charge is 0.357 e. The minimum atomic E-state index is 0.746. The molecule has 2 aromatic rings. The van der Waals surface area contributed by atoms with E-state index in [-0.39, 0.29) is 0 Å². The fraction of sp³-hybridized carbons (Fsp3) is 0.450. The molecule has 3 rings (SSSR count). The molecule has 0 spiro atoms. The monoisotopic (exact) mass is 356 g/mol. The summed E-state index contributed by atoms with van der Waals surface area (Å²) in [6, 6.07) is 13.0. The topological polar surface area (TPSA) is 39.7 Å². The van der Waals surface area contributed by atoms with Crippen molar-refractivity contribution < 1.29 is 0 Å². The average molecular weight is 357 g/mol. The van der Waals surface area contributed by atoms with Crippen molar-refractivity contribution in [3.05, 3.63) is 57.8 Å². The quantitative estimate of drug-likeness (QED) is 0.454. The molecule has 0 radical (unpaired) electrons. The van der Waals surface area contributed by atoms with Crippen LogP contribution in [0.5, 0.6) is 0 Å². The lowest BCUT2D eigenvalue weighted by atomic mass is 10.00. The summed E-state index contributed by atoms with van der Waals surface area (Å²) >= 11 is 1.76. The molecule has 0 atom stereocenters. The molecule has 1 aromatic carbocycles. The Morgan fingerprint density at radius 2 is 2.04 bits per heavy atom. The summed E-state index contributed by atoms with van der Waals surface area (Å²) in [5.41, 5.74) is 3.01. The Bertz CT molecular complexity index is 666. The van der Waals surface area contributed by atoms with Gasteiger partial charge in [-0.05, 0) is 42.3 Å². The van der Waals surface area contributed by atoms with Crippen LogP contribution in [-0.4, -0.2) is 37.0 Å². The first-order valence-electron chi connectivity index (χ1n) is 9.19. The molecule has 25 heavy (non-hydrogen) atoms. The predicted molar refractivity (Wildman–Crippen MR) is 107 cm³/mol. The van der Waals surface area contributed by atoms with E-state index in [9.17, 15) is 0 Å². The third-order valence-corrected chi connectivity index (χ3v) is 5.33. The Kier molecular flexibility index (Phi) is 6.89. The van der Waals surface area contributed by atoms with Crippen LogP contribution in [0.4, 0.5) is 0 Å². The van der Waals surface area contributed by atoms with Crippen LogP contribution >= 0.6 is 11.3 Å². The van der Waals surface area contributed by atoms with E-state index in [1.807, 2.05) is 0 Å². The molecule has 1 aromatic heterocycles. The van der Waals surface area contributed by atoms with Gasteiger partial charge in [-0.25, -0.2) is 4.99 Å². The summed E-state index contributed by atoms with van der Waals surface area (Å²) in [6.45, 7) is 8.08. The lowest BCUT2D eigenvalue weighted by molar-refractivity contribution is 0.251. The van der Waals surface area contributed by atoms with Crippen molar-refractivity contribution in [2.45, 2.75) is 32.9 Å². The van der Waals surface area contributed by atoms with Crippen molar-refractivity contribution in [2.75, 3.05) is 26.2 Å². The van der Waals surface area contributed by atoms with Crippen molar-refractivity contribution in [3.63, 3.8) is 0 Å². The maximum absolute atomic E-state index is 4.66. The second kappa shape index (κ2) is 9.59. The SMILES string of the molecule is CCNC(=NCc1cccs1)NCCCN1CCc2ccccc2C1. The van der Waals surface area contributed by atoms with Gasteiger partial charge in [-0.15, -0.1) is 11.3 Å². The van der Waals surface area contributed by atoms with Crippen molar-refractivity contribution in [1.29, 1.82) is 0 Å². The Morgan fingerprint density at radius 1 is 1.16 bits per heavy atom. The molecular formula is C20H28N4S. The summed E-state index contributed by atoms with van der Waals surface area (Å²) < 4.78 is 0. The van der Waals surface area contributed by atoms with Crippen LogP contribution in [0.2, 0.25) is 0 Å². The van der Waals surface area contributed by atoms with Crippen LogP contribution in [0.1, 0.15) is 29.3 Å². The molecule has 5 heteroatoms. The average Bonchev–Trinajstić information content (AvgIpc) is 3.16. The summed E-state index contributed by atoms with van der Waals surface area (Å²) in [4.78, 5) is 8.51. The fourth-order valence-electron chi connectivity index (χ4n) is 3.16. The molecule has 0 unspecified atom stereocenters. The van der Waals surface area contributed by atoms with Crippen molar-refractivity contribution in [1.82, 2.24) is 15.5 Å². The standard InChI is InChI=1S/C20H28N4S/c1-2-21-20(23-15-19-9-5-14-25-19)22-11-6-12-24-13-10-17-7-3-4-8-18(17)16-24/h3-5,7-9,14H,2,6,10-13,15-16H2,1H3,(H2,21,22,23). The molecule has 1 aliphatic rings. The highest BCUT2D eigenvalue weighted by Gasteiger charge is 2.14. The van der Waals surface area contributed by atoms with Crippen LogP contribution in [-0.2, 0) is 19.5 Å². The second-order valence-corrected chi connectivity index (χ2v) is 7.38. The van der Waals surface area contributed by atoms with E-state index in [0.29, 0.717) is 0 Å². The first-order chi connectivity index (χ1) is 12.3. The third-order valence-electron chi connectivity index (χ3n) is 4.47. The van der Waals surface area contributed by atoms with E-state index in [0.717, 1.165) is 45.1 Å². The predicted octanol–water partition coefficient (Wildman–Crippen LogP) is 3.25. The summed E-state index contributed by atoms with van der Waals surface area (Å²) in [5.74, 6) is 0.917. The maximum Gasteiger partial charge on any atom is 0.191 e. The maximum atomic E-state index is 4.66. The van der Waals surface area contributed by atoms with Crippen molar-refractivity contribution >= 4 is 17.3 Å². The number of thiophene rings is 1. The molecule has 1 aliphatic heterocycles. The highest BCUT2D eigenvalue weighted by atomic mass is 32.1. The van der Waals surface area contributed by atoms with E-state index in [2.05, 4.69) is 69.2 Å². The Morgan fingerprint density at radius 3 is 2.84 bits per heavy atom. The molecule has 0 fully saturated rings. The van der Waals surface area contributed by atoms with Crippen molar-refractivity contribution in [3.8, 4) is 0 Å². The minimum absolute atomic E-state index is 0.746. The first-order valence-corrected chi connectivity index (χ1v) is 10.1. The van der Waals surface area contributed by atoms with Gasteiger partial charge in [0, 0.05) is 37.6 Å².